The lowest BCUT2D eigenvalue weighted by atomic mass is 9.95. The Morgan fingerprint density at radius 2 is 1.29 bits per heavy atom. The molecule has 0 bridgehead atoms. The van der Waals surface area contributed by atoms with Crippen LogP contribution in [-0.2, 0) is 0 Å². The van der Waals surface area contributed by atoms with E-state index < -0.39 is 0 Å². The van der Waals surface area contributed by atoms with Crippen molar-refractivity contribution in [1.82, 2.24) is 5.32 Å². The molecule has 0 aromatic heterocycles. The topological polar surface area (TPSA) is 15.3 Å². The third-order valence-corrected chi connectivity index (χ3v) is 4.55. The predicted octanol–water partition coefficient (Wildman–Crippen LogP) is 4.43. The van der Waals surface area contributed by atoms with Crippen molar-refractivity contribution in [2.45, 2.75) is 0 Å². The van der Waals surface area contributed by atoms with Crippen LogP contribution in [0.15, 0.2) is 78.8 Å². The van der Waals surface area contributed by atoms with Crippen LogP contribution in [0.4, 0.5) is 5.69 Å². The summed E-state index contributed by atoms with van der Waals surface area (Å²) in [5.41, 5.74) is 5.74. The number of rotatable bonds is 3. The summed E-state index contributed by atoms with van der Waals surface area (Å²) in [5.74, 6) is 0. The number of nitrogens with one attached hydrogen (secondary N) is 1. The Bertz CT molecular complexity index is 841. The van der Waals surface area contributed by atoms with Gasteiger partial charge in [0.1, 0.15) is 0 Å². The van der Waals surface area contributed by atoms with Gasteiger partial charge in [-0.1, -0.05) is 78.8 Å². The van der Waals surface area contributed by atoms with Gasteiger partial charge >= 0.3 is 0 Å². The number of hydrogen-bond acceptors (Lipinski definition) is 2. The number of anilines is 1. The molecular weight excluding hydrogens is 292 g/mol. The van der Waals surface area contributed by atoms with Crippen LogP contribution in [0.1, 0.15) is 1.37 Å². The molecular formula is C22H22N2. The lowest BCUT2D eigenvalue weighted by Crippen LogP contribution is -2.44. The fourth-order valence-corrected chi connectivity index (χ4v) is 3.38. The van der Waals surface area contributed by atoms with Gasteiger partial charge in [-0.15, -0.1) is 0 Å². The first-order chi connectivity index (χ1) is 12.3. The van der Waals surface area contributed by atoms with E-state index in [2.05, 4.69) is 52.7 Å². The minimum absolute atomic E-state index is 0.583. The molecule has 2 nitrogen and oxygen atoms in total. The molecule has 3 aromatic carbocycles. The third kappa shape index (κ3) is 2.93. The Kier molecular flexibility index (Phi) is 3.97. The maximum absolute atomic E-state index is 8.58. The minimum atomic E-state index is 0.583. The van der Waals surface area contributed by atoms with E-state index in [1.165, 1.54) is 16.8 Å². The van der Waals surface area contributed by atoms with Gasteiger partial charge in [0.05, 0.1) is 7.06 Å². The van der Waals surface area contributed by atoms with E-state index in [1.807, 2.05) is 30.3 Å². The van der Waals surface area contributed by atoms with Crippen LogP contribution in [0, 0.1) is 0 Å². The van der Waals surface area contributed by atoms with Crippen molar-refractivity contribution < 1.29 is 1.37 Å². The molecule has 0 amide bonds. The molecule has 0 saturated carbocycles. The van der Waals surface area contributed by atoms with Gasteiger partial charge in [-0.25, -0.2) is 0 Å². The molecule has 4 rings (SSSR count). The lowest BCUT2D eigenvalue weighted by molar-refractivity contribution is 0.590. The van der Waals surface area contributed by atoms with Gasteiger partial charge in [0.15, 0.2) is 0 Å². The van der Waals surface area contributed by atoms with Crippen LogP contribution in [0.5, 0.6) is 0 Å². The van der Waals surface area contributed by atoms with Crippen molar-refractivity contribution >= 4 is 5.69 Å². The van der Waals surface area contributed by atoms with Gasteiger partial charge in [0, 0.05) is 37.3 Å². The zero-order valence-corrected chi connectivity index (χ0v) is 13.7. The van der Waals surface area contributed by atoms with Crippen molar-refractivity contribution in [3.05, 3.63) is 78.8 Å². The van der Waals surface area contributed by atoms with E-state index in [4.69, 9.17) is 1.37 Å². The first-order valence-electron chi connectivity index (χ1n) is 9.05. The Hall–Kier alpha value is -2.58. The van der Waals surface area contributed by atoms with Gasteiger partial charge in [-0.05, 0) is 11.1 Å². The highest BCUT2D eigenvalue weighted by molar-refractivity contribution is 5.91. The van der Waals surface area contributed by atoms with E-state index in [1.54, 1.807) is 0 Å². The Balaban J connectivity index is 1.96. The maximum atomic E-state index is 8.58. The fourth-order valence-electron chi connectivity index (χ4n) is 3.38. The summed E-state index contributed by atoms with van der Waals surface area (Å²) in [4.78, 5) is 2.43. The first-order valence-corrected chi connectivity index (χ1v) is 8.55. The minimum Gasteiger partial charge on any atom is -0.368 e. The van der Waals surface area contributed by atoms with Crippen LogP contribution in [0.2, 0.25) is 0 Å². The number of nitrogens with zero attached hydrogens (tertiary/aromatic N) is 1. The molecule has 1 N–H and O–H groups in total. The Morgan fingerprint density at radius 1 is 0.708 bits per heavy atom. The molecule has 1 saturated heterocycles. The third-order valence-electron chi connectivity index (χ3n) is 4.55. The average Bonchev–Trinajstić information content (AvgIpc) is 2.70. The van der Waals surface area contributed by atoms with Gasteiger partial charge in [0.2, 0.25) is 0 Å². The molecule has 0 spiro atoms. The molecule has 0 radical (unpaired) electrons. The maximum Gasteiger partial charge on any atom is 0.0630 e. The predicted molar refractivity (Wildman–Crippen MR) is 102 cm³/mol. The van der Waals surface area contributed by atoms with Crippen LogP contribution < -0.4 is 10.2 Å². The molecule has 2 heteroatoms. The van der Waals surface area contributed by atoms with E-state index in [0.717, 1.165) is 37.3 Å². The van der Waals surface area contributed by atoms with Crippen LogP contribution in [-0.4, -0.2) is 26.2 Å². The second-order valence-corrected chi connectivity index (χ2v) is 6.08. The second-order valence-electron chi connectivity index (χ2n) is 6.08. The van der Waals surface area contributed by atoms with Crippen molar-refractivity contribution in [1.29, 1.82) is 0 Å². The SMILES string of the molecule is [2H]c1ccc(-c2ccccc2)c(N2CCNCC2)c1-c1ccccc1. The molecule has 120 valence electrons. The van der Waals surface area contributed by atoms with E-state index in [9.17, 15) is 0 Å². The first kappa shape index (κ1) is 13.8. The van der Waals surface area contributed by atoms with Gasteiger partial charge in [-0.3, -0.25) is 0 Å². The van der Waals surface area contributed by atoms with Gasteiger partial charge in [-0.2, -0.15) is 0 Å². The number of hydrogen-bond donors (Lipinski definition) is 1. The summed E-state index contributed by atoms with van der Waals surface area (Å²) < 4.78 is 8.58. The number of piperazine rings is 1. The molecule has 3 aromatic rings. The van der Waals surface area contributed by atoms with E-state index in [0.29, 0.717) is 6.04 Å². The highest BCUT2D eigenvalue weighted by atomic mass is 15.2. The molecule has 0 unspecified atom stereocenters. The van der Waals surface area contributed by atoms with Crippen molar-refractivity contribution in [3.63, 3.8) is 0 Å². The van der Waals surface area contributed by atoms with E-state index >= 15 is 0 Å². The lowest BCUT2D eigenvalue weighted by Gasteiger charge is -2.33. The average molecular weight is 315 g/mol. The summed E-state index contributed by atoms with van der Waals surface area (Å²) in [6, 6.07) is 25.4. The van der Waals surface area contributed by atoms with Crippen molar-refractivity contribution in [2.24, 2.45) is 0 Å². The largest absolute Gasteiger partial charge is 0.368 e. The summed E-state index contributed by atoms with van der Waals surface area (Å²) in [6.45, 7) is 3.88. The molecule has 0 atom stereocenters. The highest BCUT2D eigenvalue weighted by Crippen LogP contribution is 2.39. The van der Waals surface area contributed by atoms with E-state index in [-0.39, 0.29) is 0 Å². The number of para-hydroxylation sites is 1. The van der Waals surface area contributed by atoms with Gasteiger partial charge < -0.3 is 10.2 Å². The summed E-state index contributed by atoms with van der Waals surface area (Å²) in [7, 11) is 0. The fraction of sp³-hybridized carbons (Fsp3) is 0.182. The smallest absolute Gasteiger partial charge is 0.0630 e. The van der Waals surface area contributed by atoms with Crippen LogP contribution in [0.25, 0.3) is 22.3 Å². The highest BCUT2D eigenvalue weighted by Gasteiger charge is 2.19. The zero-order valence-electron chi connectivity index (χ0n) is 14.7. The quantitative estimate of drug-likeness (QED) is 0.769. The zero-order chi connectivity index (χ0) is 17.1. The van der Waals surface area contributed by atoms with Crippen LogP contribution >= 0.6 is 0 Å². The summed E-state index contributed by atoms with van der Waals surface area (Å²) in [5, 5.41) is 3.43. The van der Waals surface area contributed by atoms with Crippen LogP contribution in [0.3, 0.4) is 0 Å². The molecule has 0 aliphatic carbocycles. The standard InChI is InChI=1S/C22H22N2/c1-3-8-18(9-4-1)20-12-7-13-21(19-10-5-2-6-11-19)22(20)24-16-14-23-15-17-24/h1-13,23H,14-17H2/i12D. The normalized spacial score (nSPS) is 15.2. The summed E-state index contributed by atoms with van der Waals surface area (Å²) in [6.07, 6.45) is 0. The molecule has 1 fully saturated rings. The number of benzene rings is 3. The van der Waals surface area contributed by atoms with Gasteiger partial charge in [0.25, 0.3) is 0 Å². The molecule has 24 heavy (non-hydrogen) atoms. The monoisotopic (exact) mass is 315 g/mol. The molecule has 1 heterocycles. The Morgan fingerprint density at radius 3 is 1.92 bits per heavy atom. The van der Waals surface area contributed by atoms with Crippen molar-refractivity contribution in [3.8, 4) is 22.3 Å². The molecule has 1 aliphatic heterocycles. The van der Waals surface area contributed by atoms with Crippen molar-refractivity contribution in [2.75, 3.05) is 31.1 Å². The Labute approximate surface area is 145 Å². The summed E-state index contributed by atoms with van der Waals surface area (Å²) >= 11 is 0. The second kappa shape index (κ2) is 6.90. The molecule has 1 aliphatic rings.